The van der Waals surface area contributed by atoms with Gasteiger partial charge in [-0.15, -0.1) is 24.0 Å². The van der Waals surface area contributed by atoms with Gasteiger partial charge in [0.15, 0.2) is 5.96 Å². The van der Waals surface area contributed by atoms with Crippen LogP contribution < -0.4 is 20.7 Å². The Morgan fingerprint density at radius 2 is 1.86 bits per heavy atom. The van der Waals surface area contributed by atoms with E-state index < -0.39 is 0 Å². The molecular formula is C21H35IN4O2. The van der Waals surface area contributed by atoms with E-state index in [-0.39, 0.29) is 35.3 Å². The van der Waals surface area contributed by atoms with Crippen LogP contribution in [0.4, 0.5) is 0 Å². The molecule has 0 radical (unpaired) electrons. The molecule has 0 aliphatic heterocycles. The van der Waals surface area contributed by atoms with Gasteiger partial charge in [0.2, 0.25) is 5.91 Å². The quantitative estimate of drug-likeness (QED) is 0.221. The molecule has 1 aromatic rings. The molecule has 1 aromatic carbocycles. The van der Waals surface area contributed by atoms with Gasteiger partial charge in [-0.25, -0.2) is 0 Å². The molecule has 0 spiro atoms. The van der Waals surface area contributed by atoms with Crippen LogP contribution in [0, 0.1) is 18.3 Å². The smallest absolute Gasteiger partial charge is 0.225 e. The van der Waals surface area contributed by atoms with Crippen molar-refractivity contribution in [2.24, 2.45) is 16.3 Å². The average Bonchev–Trinajstić information content (AvgIpc) is 3.43. The molecule has 0 bridgehead atoms. The van der Waals surface area contributed by atoms with E-state index in [1.807, 2.05) is 20.8 Å². The van der Waals surface area contributed by atoms with Gasteiger partial charge in [0.05, 0.1) is 6.61 Å². The third-order valence-electron chi connectivity index (χ3n) is 4.45. The number of rotatable bonds is 8. The maximum absolute atomic E-state index is 11.9. The number of ether oxygens (including phenoxy) is 1. The molecule has 1 aliphatic rings. The molecule has 0 unspecified atom stereocenters. The summed E-state index contributed by atoms with van der Waals surface area (Å²) in [5.74, 6) is 2.42. The number of hydrogen-bond donors (Lipinski definition) is 3. The molecule has 28 heavy (non-hydrogen) atoms. The highest BCUT2D eigenvalue weighted by molar-refractivity contribution is 14.0. The zero-order chi connectivity index (χ0) is 19.9. The lowest BCUT2D eigenvalue weighted by Gasteiger charge is -2.18. The first-order valence-corrected chi connectivity index (χ1v) is 9.74. The lowest BCUT2D eigenvalue weighted by Crippen LogP contribution is -2.43. The molecule has 3 N–H and O–H groups in total. The molecule has 0 saturated heterocycles. The summed E-state index contributed by atoms with van der Waals surface area (Å²) in [6.45, 7) is 10.4. The molecule has 1 saturated carbocycles. The first-order chi connectivity index (χ1) is 12.8. The Bertz CT molecular complexity index is 667. The van der Waals surface area contributed by atoms with Gasteiger partial charge >= 0.3 is 0 Å². The number of nitrogens with one attached hydrogen (secondary N) is 3. The number of halogens is 1. The molecular weight excluding hydrogens is 467 g/mol. The van der Waals surface area contributed by atoms with E-state index >= 15 is 0 Å². The highest BCUT2D eigenvalue weighted by Gasteiger charge is 2.22. The second-order valence-electron chi connectivity index (χ2n) is 8.22. The SMILES string of the molecule is CN=C(NCCNC(=O)C(C)(C)C)NCc1ccc(C)cc1OCC1CC1.I. The molecule has 0 aromatic heterocycles. The largest absolute Gasteiger partial charge is 0.493 e. The number of aryl methyl sites for hydroxylation is 1. The number of aliphatic imine (C=N–C) groups is 1. The van der Waals surface area contributed by atoms with Gasteiger partial charge in [0.1, 0.15) is 5.75 Å². The van der Waals surface area contributed by atoms with Crippen LogP contribution in [0.5, 0.6) is 5.75 Å². The fraction of sp³-hybridized carbons (Fsp3) is 0.619. The van der Waals surface area contributed by atoms with Crippen LogP contribution in [-0.4, -0.2) is 38.6 Å². The normalized spacial score (nSPS) is 14.1. The van der Waals surface area contributed by atoms with Gasteiger partial charge in [0.25, 0.3) is 0 Å². The predicted octanol–water partition coefficient (Wildman–Crippen LogP) is 3.23. The highest BCUT2D eigenvalue weighted by atomic mass is 127. The number of nitrogens with zero attached hydrogens (tertiary/aromatic N) is 1. The van der Waals surface area contributed by atoms with Gasteiger partial charge in [0, 0.05) is 37.7 Å². The fourth-order valence-corrected chi connectivity index (χ4v) is 2.46. The van der Waals surface area contributed by atoms with E-state index in [1.54, 1.807) is 7.05 Å². The Kier molecular flexibility index (Phi) is 10.1. The lowest BCUT2D eigenvalue weighted by molar-refractivity contribution is -0.128. The van der Waals surface area contributed by atoms with E-state index in [0.717, 1.165) is 23.8 Å². The lowest BCUT2D eigenvalue weighted by atomic mass is 9.96. The Hall–Kier alpha value is -1.51. The average molecular weight is 502 g/mol. The van der Waals surface area contributed by atoms with E-state index in [0.29, 0.717) is 25.6 Å². The van der Waals surface area contributed by atoms with E-state index in [1.165, 1.54) is 18.4 Å². The maximum Gasteiger partial charge on any atom is 0.225 e. The van der Waals surface area contributed by atoms with E-state index in [4.69, 9.17) is 4.74 Å². The molecule has 0 atom stereocenters. The van der Waals surface area contributed by atoms with Crippen molar-refractivity contribution in [2.75, 3.05) is 26.7 Å². The number of hydrogen-bond acceptors (Lipinski definition) is 3. The molecule has 0 heterocycles. The number of carbonyl (C=O) groups excluding carboxylic acids is 1. The Morgan fingerprint density at radius 1 is 1.18 bits per heavy atom. The minimum absolute atomic E-state index is 0. The van der Waals surface area contributed by atoms with Crippen molar-refractivity contribution >= 4 is 35.8 Å². The molecule has 1 fully saturated rings. The van der Waals surface area contributed by atoms with Crippen molar-refractivity contribution in [1.29, 1.82) is 0 Å². The second kappa shape index (κ2) is 11.5. The minimum Gasteiger partial charge on any atom is -0.493 e. The van der Waals surface area contributed by atoms with Gasteiger partial charge in [-0.05, 0) is 37.3 Å². The van der Waals surface area contributed by atoms with Crippen LogP contribution >= 0.6 is 24.0 Å². The van der Waals surface area contributed by atoms with Crippen LogP contribution in [0.3, 0.4) is 0 Å². The summed E-state index contributed by atoms with van der Waals surface area (Å²) in [5.41, 5.74) is 1.94. The van der Waals surface area contributed by atoms with Crippen LogP contribution in [0.2, 0.25) is 0 Å². The summed E-state index contributed by atoms with van der Waals surface area (Å²) in [4.78, 5) is 16.1. The van der Waals surface area contributed by atoms with Gasteiger partial charge in [-0.1, -0.05) is 32.9 Å². The Balaban J connectivity index is 0.00000392. The zero-order valence-electron chi connectivity index (χ0n) is 17.7. The molecule has 158 valence electrons. The first kappa shape index (κ1) is 24.5. The molecule has 1 amide bonds. The number of benzene rings is 1. The third kappa shape index (κ3) is 8.67. The van der Waals surface area contributed by atoms with Crippen molar-refractivity contribution in [1.82, 2.24) is 16.0 Å². The summed E-state index contributed by atoms with van der Waals surface area (Å²) in [7, 11) is 1.74. The molecule has 7 heteroatoms. The minimum atomic E-state index is -0.373. The van der Waals surface area contributed by atoms with Gasteiger partial charge < -0.3 is 20.7 Å². The van der Waals surface area contributed by atoms with Crippen LogP contribution in [-0.2, 0) is 11.3 Å². The van der Waals surface area contributed by atoms with Crippen molar-refractivity contribution in [3.8, 4) is 5.75 Å². The number of amides is 1. The van der Waals surface area contributed by atoms with Crippen molar-refractivity contribution < 1.29 is 9.53 Å². The first-order valence-electron chi connectivity index (χ1n) is 9.74. The van der Waals surface area contributed by atoms with Crippen molar-refractivity contribution in [3.05, 3.63) is 29.3 Å². The van der Waals surface area contributed by atoms with Gasteiger partial charge in [-0.3, -0.25) is 9.79 Å². The van der Waals surface area contributed by atoms with Crippen LogP contribution in [0.15, 0.2) is 23.2 Å². The van der Waals surface area contributed by atoms with Gasteiger partial charge in [-0.2, -0.15) is 0 Å². The topological polar surface area (TPSA) is 74.8 Å². The van der Waals surface area contributed by atoms with Crippen LogP contribution in [0.25, 0.3) is 0 Å². The van der Waals surface area contributed by atoms with Crippen LogP contribution in [0.1, 0.15) is 44.7 Å². The zero-order valence-corrected chi connectivity index (χ0v) is 20.1. The molecule has 2 rings (SSSR count). The fourth-order valence-electron chi connectivity index (χ4n) is 2.46. The predicted molar refractivity (Wildman–Crippen MR) is 125 cm³/mol. The standard InChI is InChI=1S/C21H34N4O2.HI/c1-15-6-9-17(18(12-15)27-14-16-7-8-16)13-25-20(22-5)24-11-10-23-19(26)21(2,3)4;/h6,9,12,16H,7-8,10-11,13-14H2,1-5H3,(H,23,26)(H2,22,24,25);1H. The van der Waals surface area contributed by atoms with Crippen molar-refractivity contribution in [3.63, 3.8) is 0 Å². The summed E-state index contributed by atoms with van der Waals surface area (Å²) in [6.07, 6.45) is 2.56. The maximum atomic E-state index is 11.9. The monoisotopic (exact) mass is 502 g/mol. The summed E-state index contributed by atoms with van der Waals surface area (Å²) >= 11 is 0. The molecule has 1 aliphatic carbocycles. The summed E-state index contributed by atoms with van der Waals surface area (Å²) in [6, 6.07) is 6.29. The number of carbonyl (C=O) groups is 1. The third-order valence-corrected chi connectivity index (χ3v) is 4.45. The molecule has 6 nitrogen and oxygen atoms in total. The highest BCUT2D eigenvalue weighted by Crippen LogP contribution is 2.30. The Morgan fingerprint density at radius 3 is 2.46 bits per heavy atom. The van der Waals surface area contributed by atoms with Crippen molar-refractivity contribution in [2.45, 2.75) is 47.1 Å². The summed E-state index contributed by atoms with van der Waals surface area (Å²) < 4.78 is 6.02. The summed E-state index contributed by atoms with van der Waals surface area (Å²) in [5, 5.41) is 9.45. The van der Waals surface area contributed by atoms with E-state index in [9.17, 15) is 4.79 Å². The Labute approximate surface area is 186 Å². The van der Waals surface area contributed by atoms with E-state index in [2.05, 4.69) is 46.1 Å². The second-order valence-corrected chi connectivity index (χ2v) is 8.22. The number of guanidine groups is 1.